The molecule has 0 saturated heterocycles. The smallest absolute Gasteiger partial charge is 0.223 e. The molecule has 0 spiro atoms. The zero-order valence-corrected chi connectivity index (χ0v) is 16.8. The van der Waals surface area contributed by atoms with E-state index in [1.54, 1.807) is 6.92 Å². The number of nitrogens with one attached hydrogen (secondary N) is 1. The van der Waals surface area contributed by atoms with Crippen molar-refractivity contribution in [3.05, 3.63) is 23.3 Å². The highest BCUT2D eigenvalue weighted by molar-refractivity contribution is 8.09. The van der Waals surface area contributed by atoms with Crippen molar-refractivity contribution >= 4 is 15.7 Å². The van der Waals surface area contributed by atoms with Crippen molar-refractivity contribution in [2.45, 2.75) is 57.9 Å². The van der Waals surface area contributed by atoms with Crippen molar-refractivity contribution in [1.82, 2.24) is 9.29 Å². The number of aromatic hydroxyl groups is 2. The Bertz CT molecular complexity index is 859. The summed E-state index contributed by atoms with van der Waals surface area (Å²) in [6.45, 7) is 6.59. The summed E-state index contributed by atoms with van der Waals surface area (Å²) in [5.41, 5.74) is -0.509. The highest BCUT2D eigenvalue weighted by Crippen LogP contribution is 2.58. The summed E-state index contributed by atoms with van der Waals surface area (Å²) in [4.78, 5) is 12.2. The van der Waals surface area contributed by atoms with Gasteiger partial charge in [-0.15, -0.1) is 0 Å². The first-order valence-corrected chi connectivity index (χ1v) is 11.1. The number of carbonyl (C=O) groups is 1. The SMILES string of the molecule is CCC(C)C(=O)NC(C)(C)CS(=O)(O)(O)n1c(O)c2c(c1O)C1C=CC2C1. The third kappa shape index (κ3) is 3.17. The number of fused-ring (bicyclic) bond motifs is 5. The van der Waals surface area contributed by atoms with E-state index in [2.05, 4.69) is 5.32 Å². The van der Waals surface area contributed by atoms with Gasteiger partial charge in [0.1, 0.15) is 0 Å². The van der Waals surface area contributed by atoms with Crippen LogP contribution in [0.25, 0.3) is 0 Å². The second-order valence-corrected chi connectivity index (χ2v) is 11.0. The molecule has 0 aromatic carbocycles. The lowest BCUT2D eigenvalue weighted by Crippen LogP contribution is -2.57. The van der Waals surface area contributed by atoms with E-state index in [1.807, 2.05) is 19.1 Å². The number of hydrogen-bond donors (Lipinski definition) is 5. The Morgan fingerprint density at radius 2 is 1.74 bits per heavy atom. The van der Waals surface area contributed by atoms with Gasteiger partial charge in [-0.3, -0.25) is 13.9 Å². The lowest BCUT2D eigenvalue weighted by atomic mass is 10.0. The predicted octanol–water partition coefficient (Wildman–Crippen LogP) is 2.51. The maximum atomic E-state index is 13.2. The van der Waals surface area contributed by atoms with Crippen LogP contribution in [0, 0.1) is 5.92 Å². The van der Waals surface area contributed by atoms with Crippen molar-refractivity contribution in [1.29, 1.82) is 0 Å². The molecule has 3 atom stereocenters. The van der Waals surface area contributed by atoms with Crippen LogP contribution in [-0.4, -0.2) is 44.7 Å². The number of allylic oxidation sites excluding steroid dienone is 2. The molecule has 3 rings (SSSR count). The Labute approximate surface area is 158 Å². The van der Waals surface area contributed by atoms with Crippen LogP contribution in [0.5, 0.6) is 11.8 Å². The van der Waals surface area contributed by atoms with Crippen molar-refractivity contribution in [2.75, 3.05) is 5.75 Å². The molecular formula is C18H28N2O6S. The van der Waals surface area contributed by atoms with Crippen LogP contribution >= 0.6 is 0 Å². The molecule has 2 bridgehead atoms. The molecule has 1 aromatic rings. The second kappa shape index (κ2) is 5.83. The quantitative estimate of drug-likeness (QED) is 0.466. The van der Waals surface area contributed by atoms with Crippen LogP contribution in [0.4, 0.5) is 0 Å². The Morgan fingerprint density at radius 1 is 1.26 bits per heavy atom. The van der Waals surface area contributed by atoms with Crippen LogP contribution in [-0.2, 0) is 14.6 Å². The summed E-state index contributed by atoms with van der Waals surface area (Å²) in [5, 5.41) is 23.7. The maximum absolute atomic E-state index is 13.2. The zero-order valence-electron chi connectivity index (χ0n) is 16.0. The fourth-order valence-corrected chi connectivity index (χ4v) is 6.50. The second-order valence-electron chi connectivity index (χ2n) is 8.40. The van der Waals surface area contributed by atoms with E-state index in [9.17, 15) is 28.3 Å². The molecule has 152 valence electrons. The molecule has 0 saturated carbocycles. The van der Waals surface area contributed by atoms with E-state index in [0.29, 0.717) is 27.9 Å². The van der Waals surface area contributed by atoms with Crippen LogP contribution < -0.4 is 5.32 Å². The Hall–Kier alpha value is -1.84. The van der Waals surface area contributed by atoms with Gasteiger partial charge < -0.3 is 15.5 Å². The molecule has 0 fully saturated rings. The third-order valence-electron chi connectivity index (χ3n) is 5.48. The van der Waals surface area contributed by atoms with Crippen molar-refractivity contribution in [3.63, 3.8) is 0 Å². The van der Waals surface area contributed by atoms with Gasteiger partial charge in [0, 0.05) is 28.9 Å². The van der Waals surface area contributed by atoms with Gasteiger partial charge >= 0.3 is 0 Å². The van der Waals surface area contributed by atoms with Gasteiger partial charge in [-0.1, -0.05) is 26.0 Å². The number of aromatic nitrogens is 1. The molecule has 8 nitrogen and oxygen atoms in total. The molecule has 1 amide bonds. The van der Waals surface area contributed by atoms with Crippen molar-refractivity contribution in [2.24, 2.45) is 5.92 Å². The first kappa shape index (κ1) is 19.9. The van der Waals surface area contributed by atoms with E-state index < -0.39 is 32.9 Å². The first-order chi connectivity index (χ1) is 12.3. The van der Waals surface area contributed by atoms with Gasteiger partial charge in [-0.2, -0.15) is 3.97 Å². The fourth-order valence-electron chi connectivity index (χ4n) is 4.14. The minimum absolute atomic E-state index is 0.154. The lowest BCUT2D eigenvalue weighted by Gasteiger charge is -2.40. The minimum atomic E-state index is -5.71. The average molecular weight is 400 g/mol. The average Bonchev–Trinajstić information content (AvgIpc) is 3.17. The number of rotatable bonds is 6. The molecule has 1 heterocycles. The van der Waals surface area contributed by atoms with Gasteiger partial charge in [0.15, 0.2) is 9.81 Å². The van der Waals surface area contributed by atoms with E-state index in [-0.39, 0.29) is 23.7 Å². The molecule has 27 heavy (non-hydrogen) atoms. The van der Waals surface area contributed by atoms with Crippen LogP contribution in [0.15, 0.2) is 12.2 Å². The van der Waals surface area contributed by atoms with E-state index in [4.69, 9.17) is 0 Å². The topological polar surface area (TPSA) is 132 Å². The number of amides is 1. The zero-order chi connectivity index (χ0) is 20.4. The van der Waals surface area contributed by atoms with Gasteiger partial charge in [0.05, 0.1) is 11.3 Å². The molecule has 0 aliphatic heterocycles. The van der Waals surface area contributed by atoms with Crippen LogP contribution in [0.1, 0.15) is 63.5 Å². The Balaban J connectivity index is 1.97. The number of hydrogen-bond acceptors (Lipinski definition) is 4. The molecular weight excluding hydrogens is 372 g/mol. The lowest BCUT2D eigenvalue weighted by molar-refractivity contribution is -0.125. The molecule has 0 radical (unpaired) electrons. The van der Waals surface area contributed by atoms with Gasteiger partial charge in [0.25, 0.3) is 0 Å². The van der Waals surface area contributed by atoms with Crippen LogP contribution in [0.3, 0.4) is 0 Å². The molecule has 1 aromatic heterocycles. The monoisotopic (exact) mass is 400 g/mol. The number of carbonyl (C=O) groups excluding carboxylic acids is 1. The maximum Gasteiger partial charge on any atom is 0.223 e. The Kier molecular flexibility index (Phi) is 4.30. The third-order valence-corrected chi connectivity index (χ3v) is 7.79. The van der Waals surface area contributed by atoms with E-state index in [0.717, 1.165) is 0 Å². The molecule has 9 heteroatoms. The largest absolute Gasteiger partial charge is 0.493 e. The summed E-state index contributed by atoms with van der Waals surface area (Å²) in [7, 11) is -5.71. The molecule has 2 aliphatic rings. The summed E-state index contributed by atoms with van der Waals surface area (Å²) in [6, 6.07) is 0. The number of nitrogens with zero attached hydrogens (tertiary/aromatic N) is 1. The van der Waals surface area contributed by atoms with Gasteiger partial charge in [0.2, 0.25) is 17.7 Å². The van der Waals surface area contributed by atoms with Crippen molar-refractivity contribution < 1.29 is 28.3 Å². The van der Waals surface area contributed by atoms with Gasteiger partial charge in [-0.05, 0) is 26.7 Å². The highest BCUT2D eigenvalue weighted by atomic mass is 32.3. The minimum Gasteiger partial charge on any atom is -0.493 e. The highest BCUT2D eigenvalue weighted by Gasteiger charge is 2.49. The van der Waals surface area contributed by atoms with Crippen LogP contribution in [0.2, 0.25) is 0 Å². The fraction of sp³-hybridized carbons (Fsp3) is 0.611. The molecule has 5 N–H and O–H groups in total. The summed E-state index contributed by atoms with van der Waals surface area (Å²) in [6.07, 6.45) is 5.03. The molecule has 3 unspecified atom stereocenters. The van der Waals surface area contributed by atoms with Gasteiger partial charge in [-0.25, -0.2) is 4.21 Å². The predicted molar refractivity (Wildman–Crippen MR) is 102 cm³/mol. The van der Waals surface area contributed by atoms with Crippen molar-refractivity contribution in [3.8, 4) is 11.8 Å². The summed E-state index contributed by atoms with van der Waals surface area (Å²) < 4.78 is 34.9. The standard InChI is InChI=1S/C18H28N2O6S/c1-5-10(2)15(21)19-18(3,4)9-27(24,25,26)20-16(22)13-11-6-7-12(8-11)14(13)17(20)23/h6-7,10-12,22-23H,5,8-9H2,1-4H3,(H,19,21)(H2,24,25,26). The Morgan fingerprint density at radius 3 is 2.19 bits per heavy atom. The normalized spacial score (nSPS) is 23.7. The van der Waals surface area contributed by atoms with E-state index >= 15 is 0 Å². The summed E-state index contributed by atoms with van der Waals surface area (Å²) in [5.74, 6) is -2.91. The van der Waals surface area contributed by atoms with E-state index in [1.165, 1.54) is 13.8 Å². The molecule has 2 aliphatic carbocycles. The summed E-state index contributed by atoms with van der Waals surface area (Å²) >= 11 is 0. The first-order valence-electron chi connectivity index (χ1n) is 9.08.